The SMILES string of the molecule is Nc1cc(Cl)c(-n2ccc(C3CC3)n2)c(C(=O)O)c1. The van der Waals surface area contributed by atoms with E-state index in [-0.39, 0.29) is 10.6 Å². The Hall–Kier alpha value is -2.01. The van der Waals surface area contributed by atoms with Crippen molar-refractivity contribution >= 4 is 23.3 Å². The fraction of sp³-hybridized carbons (Fsp3) is 0.231. The zero-order valence-corrected chi connectivity index (χ0v) is 10.8. The predicted octanol–water partition coefficient (Wildman–Crippen LogP) is 2.68. The maximum Gasteiger partial charge on any atom is 0.338 e. The molecule has 3 rings (SSSR count). The van der Waals surface area contributed by atoms with Crippen LogP contribution < -0.4 is 5.73 Å². The lowest BCUT2D eigenvalue weighted by molar-refractivity contribution is 0.0697. The summed E-state index contributed by atoms with van der Waals surface area (Å²) in [7, 11) is 0. The number of hydrogen-bond donors (Lipinski definition) is 2. The summed E-state index contributed by atoms with van der Waals surface area (Å²) in [5.41, 5.74) is 7.33. The summed E-state index contributed by atoms with van der Waals surface area (Å²) in [6, 6.07) is 4.82. The minimum atomic E-state index is -1.08. The fourth-order valence-electron chi connectivity index (χ4n) is 2.08. The van der Waals surface area contributed by atoms with Gasteiger partial charge in [-0.15, -0.1) is 0 Å². The lowest BCUT2D eigenvalue weighted by atomic mass is 10.1. The minimum absolute atomic E-state index is 0.0513. The van der Waals surface area contributed by atoms with Gasteiger partial charge in [0.2, 0.25) is 0 Å². The maximum absolute atomic E-state index is 11.3. The molecule has 0 amide bonds. The molecule has 1 fully saturated rings. The molecule has 1 aromatic heterocycles. The van der Waals surface area contributed by atoms with E-state index in [0.29, 0.717) is 17.3 Å². The number of carboxylic acids is 1. The van der Waals surface area contributed by atoms with E-state index in [2.05, 4.69) is 5.10 Å². The summed E-state index contributed by atoms with van der Waals surface area (Å²) in [6.45, 7) is 0. The summed E-state index contributed by atoms with van der Waals surface area (Å²) in [5, 5.41) is 13.9. The van der Waals surface area contributed by atoms with Crippen molar-refractivity contribution in [2.24, 2.45) is 0 Å². The molecule has 1 aliphatic carbocycles. The van der Waals surface area contributed by atoms with Crippen molar-refractivity contribution in [3.63, 3.8) is 0 Å². The summed E-state index contributed by atoms with van der Waals surface area (Å²) in [5.74, 6) is -0.574. The standard InChI is InChI=1S/C13H12ClN3O2/c14-10-6-8(15)5-9(13(18)19)12(10)17-4-3-11(16-17)7-1-2-7/h3-7H,1-2,15H2,(H,18,19). The molecular formula is C13H12ClN3O2. The van der Waals surface area contributed by atoms with Crippen molar-refractivity contribution in [2.45, 2.75) is 18.8 Å². The normalized spacial score (nSPS) is 14.6. The molecule has 3 N–H and O–H groups in total. The smallest absolute Gasteiger partial charge is 0.338 e. The van der Waals surface area contributed by atoms with E-state index in [9.17, 15) is 9.90 Å². The van der Waals surface area contributed by atoms with Gasteiger partial charge in [0, 0.05) is 17.8 Å². The Morgan fingerprint density at radius 2 is 2.21 bits per heavy atom. The molecule has 1 aliphatic rings. The van der Waals surface area contributed by atoms with Crippen LogP contribution in [0.1, 0.15) is 34.8 Å². The Morgan fingerprint density at radius 3 is 2.84 bits per heavy atom. The van der Waals surface area contributed by atoms with Crippen LogP contribution in [-0.4, -0.2) is 20.9 Å². The Labute approximate surface area is 114 Å². The fourth-order valence-corrected chi connectivity index (χ4v) is 2.39. The van der Waals surface area contributed by atoms with Crippen molar-refractivity contribution in [1.82, 2.24) is 9.78 Å². The number of hydrogen-bond acceptors (Lipinski definition) is 3. The molecule has 1 heterocycles. The summed E-state index contributed by atoms with van der Waals surface area (Å²) >= 11 is 6.11. The van der Waals surface area contributed by atoms with Crippen LogP contribution in [0.2, 0.25) is 5.02 Å². The van der Waals surface area contributed by atoms with Gasteiger partial charge in [-0.25, -0.2) is 9.48 Å². The van der Waals surface area contributed by atoms with E-state index in [4.69, 9.17) is 17.3 Å². The van der Waals surface area contributed by atoms with Crippen LogP contribution in [0.25, 0.3) is 5.69 Å². The first-order chi connectivity index (χ1) is 9.06. The number of anilines is 1. The average molecular weight is 278 g/mol. The zero-order valence-electron chi connectivity index (χ0n) is 10.0. The van der Waals surface area contributed by atoms with E-state index >= 15 is 0 Å². The van der Waals surface area contributed by atoms with Gasteiger partial charge >= 0.3 is 5.97 Å². The Balaban J connectivity index is 2.14. The van der Waals surface area contributed by atoms with Crippen molar-refractivity contribution in [3.8, 4) is 5.69 Å². The third kappa shape index (κ3) is 2.17. The van der Waals surface area contributed by atoms with Gasteiger partial charge < -0.3 is 10.8 Å². The van der Waals surface area contributed by atoms with Gasteiger partial charge in [0.05, 0.1) is 22.0 Å². The van der Waals surface area contributed by atoms with Crippen LogP contribution in [-0.2, 0) is 0 Å². The van der Waals surface area contributed by atoms with Crippen molar-refractivity contribution in [3.05, 3.63) is 40.7 Å². The highest BCUT2D eigenvalue weighted by Crippen LogP contribution is 2.39. The van der Waals surface area contributed by atoms with Crippen molar-refractivity contribution in [1.29, 1.82) is 0 Å². The lowest BCUT2D eigenvalue weighted by Gasteiger charge is -2.09. The molecule has 0 unspecified atom stereocenters. The molecule has 6 heteroatoms. The highest BCUT2D eigenvalue weighted by atomic mass is 35.5. The number of aromatic carboxylic acids is 1. The van der Waals surface area contributed by atoms with Gasteiger partial charge in [-0.1, -0.05) is 11.6 Å². The Morgan fingerprint density at radius 1 is 1.47 bits per heavy atom. The van der Waals surface area contributed by atoms with Crippen LogP contribution in [0.4, 0.5) is 5.69 Å². The monoisotopic (exact) mass is 277 g/mol. The molecule has 5 nitrogen and oxygen atoms in total. The Kier molecular flexibility index (Phi) is 2.71. The number of carbonyl (C=O) groups is 1. The van der Waals surface area contributed by atoms with E-state index in [1.807, 2.05) is 6.07 Å². The lowest BCUT2D eigenvalue weighted by Crippen LogP contribution is -2.08. The second-order valence-corrected chi connectivity index (χ2v) is 5.07. The van der Waals surface area contributed by atoms with Gasteiger partial charge in [-0.05, 0) is 31.0 Å². The molecule has 19 heavy (non-hydrogen) atoms. The summed E-state index contributed by atoms with van der Waals surface area (Å²) in [4.78, 5) is 11.3. The summed E-state index contributed by atoms with van der Waals surface area (Å²) in [6.07, 6.45) is 4.01. The maximum atomic E-state index is 11.3. The highest BCUT2D eigenvalue weighted by Gasteiger charge is 2.26. The van der Waals surface area contributed by atoms with E-state index < -0.39 is 5.97 Å². The molecule has 0 spiro atoms. The van der Waals surface area contributed by atoms with Gasteiger partial charge in [-0.3, -0.25) is 0 Å². The zero-order chi connectivity index (χ0) is 13.6. The number of benzene rings is 1. The largest absolute Gasteiger partial charge is 0.478 e. The number of carboxylic acid groups (broad SMARTS) is 1. The number of aromatic nitrogens is 2. The molecular weight excluding hydrogens is 266 g/mol. The van der Waals surface area contributed by atoms with Crippen molar-refractivity contribution in [2.75, 3.05) is 5.73 Å². The number of nitrogen functional groups attached to an aromatic ring is 1. The number of halogens is 1. The minimum Gasteiger partial charge on any atom is -0.478 e. The molecule has 0 atom stereocenters. The van der Waals surface area contributed by atoms with Gasteiger partial charge in [0.15, 0.2) is 0 Å². The van der Waals surface area contributed by atoms with E-state index in [1.165, 1.54) is 16.8 Å². The molecule has 0 saturated heterocycles. The third-order valence-electron chi connectivity index (χ3n) is 3.15. The molecule has 1 aromatic carbocycles. The molecule has 0 radical (unpaired) electrons. The number of nitrogens with zero attached hydrogens (tertiary/aromatic N) is 2. The van der Waals surface area contributed by atoms with Crippen molar-refractivity contribution < 1.29 is 9.90 Å². The van der Waals surface area contributed by atoms with E-state index in [0.717, 1.165) is 18.5 Å². The second kappa shape index (κ2) is 4.28. The van der Waals surface area contributed by atoms with E-state index in [1.54, 1.807) is 6.20 Å². The van der Waals surface area contributed by atoms with Crippen LogP contribution in [0.3, 0.4) is 0 Å². The van der Waals surface area contributed by atoms with Gasteiger partial charge in [-0.2, -0.15) is 5.10 Å². The molecule has 0 bridgehead atoms. The molecule has 2 aromatic rings. The second-order valence-electron chi connectivity index (χ2n) is 4.66. The Bertz CT molecular complexity index is 662. The topological polar surface area (TPSA) is 81.1 Å². The first-order valence-corrected chi connectivity index (χ1v) is 6.32. The van der Waals surface area contributed by atoms with Gasteiger partial charge in [0.1, 0.15) is 0 Å². The first-order valence-electron chi connectivity index (χ1n) is 5.94. The van der Waals surface area contributed by atoms with Crippen LogP contribution >= 0.6 is 11.6 Å². The third-order valence-corrected chi connectivity index (χ3v) is 3.44. The number of rotatable bonds is 3. The summed E-state index contributed by atoms with van der Waals surface area (Å²) < 4.78 is 1.51. The quantitative estimate of drug-likeness (QED) is 0.845. The van der Waals surface area contributed by atoms with Gasteiger partial charge in [0.25, 0.3) is 0 Å². The molecule has 98 valence electrons. The highest BCUT2D eigenvalue weighted by molar-refractivity contribution is 6.33. The van der Waals surface area contributed by atoms with Crippen LogP contribution in [0.15, 0.2) is 24.4 Å². The predicted molar refractivity (Wildman–Crippen MR) is 71.9 cm³/mol. The van der Waals surface area contributed by atoms with Crippen LogP contribution in [0, 0.1) is 0 Å². The molecule has 0 aliphatic heterocycles. The van der Waals surface area contributed by atoms with Crippen LogP contribution in [0.5, 0.6) is 0 Å². The number of nitrogens with two attached hydrogens (primary N) is 1. The average Bonchev–Trinajstić information content (AvgIpc) is 3.08. The molecule has 1 saturated carbocycles. The first kappa shape index (κ1) is 12.0.